The van der Waals surface area contributed by atoms with E-state index in [0.29, 0.717) is 12.8 Å². The standard InChI is InChI=1S/C16H24N2O3.ClH/c1-12(2)21-14-6-4-13(5-7-14)18-15(19)16(20-3)8-10-17-11-9-16;/h4-7,12,17H,8-11H2,1-3H3,(H,18,19);1H. The van der Waals surface area contributed by atoms with Gasteiger partial charge < -0.3 is 20.1 Å². The molecule has 0 spiro atoms. The Morgan fingerprint density at radius 1 is 1.23 bits per heavy atom. The van der Waals surface area contributed by atoms with Gasteiger partial charge in [-0.25, -0.2) is 0 Å². The number of hydrogen-bond acceptors (Lipinski definition) is 4. The van der Waals surface area contributed by atoms with Crippen molar-refractivity contribution in [2.75, 3.05) is 25.5 Å². The first-order valence-electron chi connectivity index (χ1n) is 7.40. The van der Waals surface area contributed by atoms with Crippen LogP contribution in [0.1, 0.15) is 26.7 Å². The van der Waals surface area contributed by atoms with Crippen LogP contribution in [-0.2, 0) is 9.53 Å². The van der Waals surface area contributed by atoms with Crippen LogP contribution in [-0.4, -0.2) is 37.8 Å². The van der Waals surface area contributed by atoms with Crippen molar-refractivity contribution in [1.82, 2.24) is 5.32 Å². The van der Waals surface area contributed by atoms with Gasteiger partial charge in [-0.05, 0) is 64.0 Å². The van der Waals surface area contributed by atoms with Crippen LogP contribution >= 0.6 is 12.4 Å². The van der Waals surface area contributed by atoms with Crippen LogP contribution < -0.4 is 15.4 Å². The molecule has 1 aliphatic heterocycles. The summed E-state index contributed by atoms with van der Waals surface area (Å²) in [6.07, 6.45) is 1.50. The second-order valence-corrected chi connectivity index (χ2v) is 5.59. The number of piperidine rings is 1. The van der Waals surface area contributed by atoms with Crippen LogP contribution in [0.2, 0.25) is 0 Å². The monoisotopic (exact) mass is 328 g/mol. The van der Waals surface area contributed by atoms with E-state index in [2.05, 4.69) is 10.6 Å². The minimum absolute atomic E-state index is 0. The molecular weight excluding hydrogens is 304 g/mol. The molecule has 0 radical (unpaired) electrons. The molecule has 1 aliphatic rings. The first-order valence-corrected chi connectivity index (χ1v) is 7.40. The number of hydrogen-bond donors (Lipinski definition) is 2. The molecule has 0 bridgehead atoms. The third kappa shape index (κ3) is 4.60. The highest BCUT2D eigenvalue weighted by molar-refractivity contribution is 5.97. The molecule has 2 rings (SSSR count). The predicted octanol–water partition coefficient (Wildman–Crippen LogP) is 2.60. The Kier molecular flexibility index (Phi) is 7.13. The van der Waals surface area contributed by atoms with Gasteiger partial charge in [0.1, 0.15) is 11.4 Å². The van der Waals surface area contributed by atoms with Crippen molar-refractivity contribution in [1.29, 1.82) is 0 Å². The maximum atomic E-state index is 12.5. The highest BCUT2D eigenvalue weighted by Gasteiger charge is 2.39. The Labute approximate surface area is 138 Å². The first kappa shape index (κ1) is 18.7. The largest absolute Gasteiger partial charge is 0.491 e. The van der Waals surface area contributed by atoms with Crippen molar-refractivity contribution in [2.24, 2.45) is 0 Å². The zero-order valence-electron chi connectivity index (χ0n) is 13.3. The second-order valence-electron chi connectivity index (χ2n) is 5.59. The molecule has 1 aromatic carbocycles. The SMILES string of the molecule is COC1(C(=O)Nc2ccc(OC(C)C)cc2)CCNCC1.Cl. The van der Waals surface area contributed by atoms with Gasteiger partial charge in [-0.1, -0.05) is 0 Å². The topological polar surface area (TPSA) is 59.6 Å². The molecule has 1 heterocycles. The average molecular weight is 329 g/mol. The third-order valence-corrected chi connectivity index (χ3v) is 3.70. The Morgan fingerprint density at radius 3 is 2.32 bits per heavy atom. The van der Waals surface area contributed by atoms with Crippen LogP contribution in [0.4, 0.5) is 5.69 Å². The molecule has 0 atom stereocenters. The van der Waals surface area contributed by atoms with Crippen LogP contribution in [0.3, 0.4) is 0 Å². The lowest BCUT2D eigenvalue weighted by Gasteiger charge is -2.34. The Bertz CT molecular complexity index is 471. The fourth-order valence-corrected chi connectivity index (χ4v) is 2.49. The summed E-state index contributed by atoms with van der Waals surface area (Å²) in [7, 11) is 1.60. The van der Waals surface area contributed by atoms with Gasteiger partial charge in [-0.3, -0.25) is 4.79 Å². The summed E-state index contributed by atoms with van der Waals surface area (Å²) in [5.41, 5.74) is 0.0318. The minimum Gasteiger partial charge on any atom is -0.491 e. The molecule has 0 saturated carbocycles. The van der Waals surface area contributed by atoms with Crippen molar-refractivity contribution in [2.45, 2.75) is 38.4 Å². The van der Waals surface area contributed by atoms with E-state index in [1.54, 1.807) is 7.11 Å². The summed E-state index contributed by atoms with van der Waals surface area (Å²) in [6.45, 7) is 5.55. The molecule has 0 unspecified atom stereocenters. The fraction of sp³-hybridized carbons (Fsp3) is 0.562. The van der Waals surface area contributed by atoms with E-state index in [1.165, 1.54) is 0 Å². The number of methoxy groups -OCH3 is 1. The summed E-state index contributed by atoms with van der Waals surface area (Å²) in [6, 6.07) is 7.41. The van der Waals surface area contributed by atoms with E-state index in [-0.39, 0.29) is 24.4 Å². The van der Waals surface area contributed by atoms with Crippen molar-refractivity contribution >= 4 is 24.0 Å². The zero-order valence-corrected chi connectivity index (χ0v) is 14.2. The summed E-state index contributed by atoms with van der Waals surface area (Å²) in [5.74, 6) is 0.718. The molecule has 0 aliphatic carbocycles. The van der Waals surface area contributed by atoms with Crippen LogP contribution in [0, 0.1) is 0 Å². The molecule has 6 heteroatoms. The van der Waals surface area contributed by atoms with E-state index in [1.807, 2.05) is 38.1 Å². The smallest absolute Gasteiger partial charge is 0.256 e. The van der Waals surface area contributed by atoms with Gasteiger partial charge in [0.2, 0.25) is 0 Å². The van der Waals surface area contributed by atoms with E-state index in [0.717, 1.165) is 24.5 Å². The molecule has 5 nitrogen and oxygen atoms in total. The third-order valence-electron chi connectivity index (χ3n) is 3.70. The number of benzene rings is 1. The quantitative estimate of drug-likeness (QED) is 0.872. The lowest BCUT2D eigenvalue weighted by molar-refractivity contribution is -0.140. The maximum absolute atomic E-state index is 12.5. The van der Waals surface area contributed by atoms with Gasteiger partial charge in [-0.2, -0.15) is 0 Å². The van der Waals surface area contributed by atoms with Gasteiger partial charge in [-0.15, -0.1) is 12.4 Å². The number of rotatable bonds is 5. The summed E-state index contributed by atoms with van der Waals surface area (Å²) >= 11 is 0. The van der Waals surface area contributed by atoms with Crippen LogP contribution in [0.15, 0.2) is 24.3 Å². The zero-order chi connectivity index (χ0) is 15.3. The Morgan fingerprint density at radius 2 is 1.82 bits per heavy atom. The molecule has 124 valence electrons. The first-order chi connectivity index (χ1) is 10.1. The van der Waals surface area contributed by atoms with Gasteiger partial charge in [0.25, 0.3) is 5.91 Å². The number of amides is 1. The minimum atomic E-state index is -0.724. The van der Waals surface area contributed by atoms with Gasteiger partial charge in [0, 0.05) is 12.8 Å². The summed E-state index contributed by atoms with van der Waals surface area (Å²) in [4.78, 5) is 12.5. The van der Waals surface area contributed by atoms with E-state index < -0.39 is 5.60 Å². The molecule has 22 heavy (non-hydrogen) atoms. The molecule has 0 aromatic heterocycles. The highest BCUT2D eigenvalue weighted by Crippen LogP contribution is 2.25. The van der Waals surface area contributed by atoms with Gasteiger partial charge in [0.05, 0.1) is 6.10 Å². The number of carbonyl (C=O) groups is 1. The second kappa shape index (κ2) is 8.36. The molecule has 2 N–H and O–H groups in total. The number of halogens is 1. The summed E-state index contributed by atoms with van der Waals surface area (Å²) < 4.78 is 11.1. The molecule has 1 fully saturated rings. The van der Waals surface area contributed by atoms with Gasteiger partial charge in [0.15, 0.2) is 0 Å². The van der Waals surface area contributed by atoms with E-state index >= 15 is 0 Å². The Hall–Kier alpha value is -1.30. The van der Waals surface area contributed by atoms with Crippen LogP contribution in [0.25, 0.3) is 0 Å². The Balaban J connectivity index is 0.00000242. The van der Waals surface area contributed by atoms with E-state index in [4.69, 9.17) is 9.47 Å². The predicted molar refractivity (Wildman–Crippen MR) is 89.9 cm³/mol. The summed E-state index contributed by atoms with van der Waals surface area (Å²) in [5, 5.41) is 6.18. The lowest BCUT2D eigenvalue weighted by Crippen LogP contribution is -2.51. The molecule has 1 saturated heterocycles. The number of ether oxygens (including phenoxy) is 2. The van der Waals surface area contributed by atoms with E-state index in [9.17, 15) is 4.79 Å². The van der Waals surface area contributed by atoms with Gasteiger partial charge >= 0.3 is 0 Å². The molecule has 1 amide bonds. The van der Waals surface area contributed by atoms with Crippen molar-refractivity contribution in [3.8, 4) is 5.75 Å². The van der Waals surface area contributed by atoms with Crippen molar-refractivity contribution in [3.63, 3.8) is 0 Å². The van der Waals surface area contributed by atoms with Crippen molar-refractivity contribution < 1.29 is 14.3 Å². The fourth-order valence-electron chi connectivity index (χ4n) is 2.49. The number of carbonyl (C=O) groups excluding carboxylic acids is 1. The highest BCUT2D eigenvalue weighted by atomic mass is 35.5. The maximum Gasteiger partial charge on any atom is 0.256 e. The molecular formula is C16H25ClN2O3. The number of anilines is 1. The van der Waals surface area contributed by atoms with Crippen LogP contribution in [0.5, 0.6) is 5.75 Å². The average Bonchev–Trinajstić information content (AvgIpc) is 2.49. The van der Waals surface area contributed by atoms with Crippen molar-refractivity contribution in [3.05, 3.63) is 24.3 Å². The normalized spacial score (nSPS) is 16.7. The number of nitrogens with one attached hydrogen (secondary N) is 2. The lowest BCUT2D eigenvalue weighted by atomic mass is 9.91. The molecule has 1 aromatic rings.